The van der Waals surface area contributed by atoms with Crippen LogP contribution in [-0.2, 0) is 11.2 Å². The Kier molecular flexibility index (Phi) is 4.89. The molecule has 1 atom stereocenters. The van der Waals surface area contributed by atoms with Gasteiger partial charge in [0.05, 0.1) is 5.92 Å². The van der Waals surface area contributed by atoms with E-state index in [0.717, 1.165) is 43.9 Å². The molecule has 1 N–H and O–H groups in total. The Morgan fingerprint density at radius 2 is 2.19 bits per heavy atom. The number of para-hydroxylation sites is 1. The number of carbonyl (C=O) groups is 1. The van der Waals surface area contributed by atoms with Crippen molar-refractivity contribution in [2.24, 2.45) is 5.92 Å². The average molecular weight is 366 g/mol. The summed E-state index contributed by atoms with van der Waals surface area (Å²) in [5.41, 5.74) is 2.12. The quantitative estimate of drug-likeness (QED) is 0.728. The maximum Gasteiger partial charge on any atom is 0.229 e. The van der Waals surface area contributed by atoms with Gasteiger partial charge in [-0.2, -0.15) is 0 Å². The minimum absolute atomic E-state index is 0.00986. The Morgan fingerprint density at radius 1 is 1.31 bits per heavy atom. The number of carbonyl (C=O) groups excluding carboxylic acids is 1. The Labute approximate surface area is 157 Å². The number of aromatic nitrogens is 1. The molecule has 1 amide bonds. The van der Waals surface area contributed by atoms with Crippen LogP contribution in [0.3, 0.4) is 0 Å². The summed E-state index contributed by atoms with van der Waals surface area (Å²) in [5.74, 6) is 1.12. The summed E-state index contributed by atoms with van der Waals surface area (Å²) in [6, 6.07) is 12.2. The summed E-state index contributed by atoms with van der Waals surface area (Å²) in [7, 11) is 0. The van der Waals surface area contributed by atoms with Crippen molar-refractivity contribution in [3.8, 4) is 0 Å². The Balaban J connectivity index is 1.51. The molecule has 1 saturated heterocycles. The van der Waals surface area contributed by atoms with E-state index in [0.29, 0.717) is 0 Å². The number of thiophene rings is 1. The lowest BCUT2D eigenvalue weighted by Gasteiger charge is -2.33. The summed E-state index contributed by atoms with van der Waals surface area (Å²) >= 11 is 1.73. The van der Waals surface area contributed by atoms with Crippen LogP contribution in [0.5, 0.6) is 0 Å². The van der Waals surface area contributed by atoms with Gasteiger partial charge >= 0.3 is 0 Å². The van der Waals surface area contributed by atoms with Crippen molar-refractivity contribution in [1.82, 2.24) is 4.98 Å². The van der Waals surface area contributed by atoms with Crippen LogP contribution in [0.4, 0.5) is 11.5 Å². The lowest BCUT2D eigenvalue weighted by molar-refractivity contribution is -0.120. The van der Waals surface area contributed by atoms with E-state index in [-0.39, 0.29) is 11.8 Å². The second-order valence-electron chi connectivity index (χ2n) is 6.75. The van der Waals surface area contributed by atoms with E-state index in [9.17, 15) is 4.79 Å². The number of hydrogen-bond acceptors (Lipinski definition) is 4. The Hall–Kier alpha value is -2.40. The molecule has 1 aromatic carbocycles. The highest BCUT2D eigenvalue weighted by Crippen LogP contribution is 2.31. The van der Waals surface area contributed by atoms with Gasteiger partial charge in [0.15, 0.2) is 0 Å². The van der Waals surface area contributed by atoms with Gasteiger partial charge in [-0.15, -0.1) is 11.3 Å². The lowest BCUT2D eigenvalue weighted by atomic mass is 9.96. The first-order valence-corrected chi connectivity index (χ1v) is 10.1. The first-order chi connectivity index (χ1) is 12.8. The summed E-state index contributed by atoms with van der Waals surface area (Å²) in [6.07, 6.45) is 4.72. The van der Waals surface area contributed by atoms with E-state index >= 15 is 0 Å². The van der Waals surface area contributed by atoms with Crippen LogP contribution in [0.15, 0.2) is 48.0 Å². The van der Waals surface area contributed by atoms with Crippen molar-refractivity contribution >= 4 is 38.8 Å². The first-order valence-electron chi connectivity index (χ1n) is 9.22. The molecule has 4 rings (SSSR count). The number of nitrogens with zero attached hydrogens (tertiary/aromatic N) is 2. The number of nitrogens with one attached hydrogen (secondary N) is 1. The van der Waals surface area contributed by atoms with Crippen molar-refractivity contribution in [2.45, 2.75) is 26.2 Å². The summed E-state index contributed by atoms with van der Waals surface area (Å²) in [4.78, 5) is 19.8. The number of rotatable bonds is 4. The van der Waals surface area contributed by atoms with Crippen LogP contribution in [0, 0.1) is 5.92 Å². The zero-order valence-corrected chi connectivity index (χ0v) is 15.8. The average Bonchev–Trinajstić information content (AvgIpc) is 3.17. The Morgan fingerprint density at radius 3 is 3.08 bits per heavy atom. The molecular formula is C21H23N3OS. The molecule has 0 bridgehead atoms. The summed E-state index contributed by atoms with van der Waals surface area (Å²) < 4.78 is 1.25. The van der Waals surface area contributed by atoms with Crippen LogP contribution in [-0.4, -0.2) is 24.0 Å². The normalized spacial score (nSPS) is 17.4. The van der Waals surface area contributed by atoms with Crippen molar-refractivity contribution in [3.63, 3.8) is 0 Å². The molecular weight excluding hydrogens is 342 g/mol. The molecule has 1 fully saturated rings. The second-order valence-corrected chi connectivity index (χ2v) is 7.70. The molecule has 0 saturated carbocycles. The van der Waals surface area contributed by atoms with Gasteiger partial charge in [-0.25, -0.2) is 4.98 Å². The van der Waals surface area contributed by atoms with Crippen molar-refractivity contribution < 1.29 is 4.79 Å². The lowest BCUT2D eigenvalue weighted by Crippen LogP contribution is -2.41. The van der Waals surface area contributed by atoms with E-state index in [1.54, 1.807) is 11.3 Å². The summed E-state index contributed by atoms with van der Waals surface area (Å²) in [6.45, 7) is 3.79. The molecule has 5 heteroatoms. The SMILES string of the molecule is CCc1ccccc1NC(=O)[C@H]1CCCN(c2nccc3sccc23)C1. The van der Waals surface area contributed by atoms with Crippen molar-refractivity contribution in [3.05, 3.63) is 53.5 Å². The molecule has 3 heterocycles. The molecule has 0 aliphatic carbocycles. The van der Waals surface area contributed by atoms with Gasteiger partial charge in [0, 0.05) is 35.1 Å². The Bertz CT molecular complexity index is 920. The number of amides is 1. The number of fused-ring (bicyclic) bond motifs is 1. The van der Waals surface area contributed by atoms with Crippen molar-refractivity contribution in [1.29, 1.82) is 0 Å². The topological polar surface area (TPSA) is 45.2 Å². The third-order valence-electron chi connectivity index (χ3n) is 5.11. The number of benzene rings is 1. The first kappa shape index (κ1) is 17.0. The maximum absolute atomic E-state index is 12.9. The fourth-order valence-corrected chi connectivity index (χ4v) is 4.48. The number of piperidine rings is 1. The van der Waals surface area contributed by atoms with Gasteiger partial charge < -0.3 is 10.2 Å². The largest absolute Gasteiger partial charge is 0.355 e. The summed E-state index contributed by atoms with van der Waals surface area (Å²) in [5, 5.41) is 6.44. The molecule has 4 nitrogen and oxygen atoms in total. The highest BCUT2D eigenvalue weighted by atomic mass is 32.1. The maximum atomic E-state index is 12.9. The number of aryl methyl sites for hydroxylation is 1. The van der Waals surface area contributed by atoms with Gasteiger partial charge in [-0.1, -0.05) is 25.1 Å². The fraction of sp³-hybridized carbons (Fsp3) is 0.333. The number of hydrogen-bond donors (Lipinski definition) is 1. The molecule has 26 heavy (non-hydrogen) atoms. The van der Waals surface area contributed by atoms with Gasteiger partial charge in [0.25, 0.3) is 0 Å². The molecule has 134 valence electrons. The van der Waals surface area contributed by atoms with E-state index in [4.69, 9.17) is 0 Å². The standard InChI is InChI=1S/C21H23N3OS/c1-2-15-6-3-4-8-18(15)23-21(25)16-7-5-12-24(14-16)20-17-10-13-26-19(17)9-11-22-20/h3-4,6,8-11,13,16H,2,5,7,12,14H2,1H3,(H,23,25)/t16-/m0/s1. The minimum atomic E-state index is -0.00986. The number of pyridine rings is 1. The second kappa shape index (κ2) is 7.46. The molecule has 3 aromatic rings. The predicted molar refractivity (Wildman–Crippen MR) is 109 cm³/mol. The van der Waals surface area contributed by atoms with Gasteiger partial charge in [0.1, 0.15) is 5.82 Å². The van der Waals surface area contributed by atoms with Crippen LogP contribution in [0.1, 0.15) is 25.3 Å². The van der Waals surface area contributed by atoms with Crippen LogP contribution < -0.4 is 10.2 Å². The highest BCUT2D eigenvalue weighted by molar-refractivity contribution is 7.17. The zero-order chi connectivity index (χ0) is 17.9. The monoisotopic (exact) mass is 365 g/mol. The molecule has 1 aliphatic rings. The molecule has 0 unspecified atom stereocenters. The molecule has 1 aliphatic heterocycles. The van der Waals surface area contributed by atoms with E-state index < -0.39 is 0 Å². The van der Waals surface area contributed by atoms with Crippen LogP contribution in [0.2, 0.25) is 0 Å². The van der Waals surface area contributed by atoms with Gasteiger partial charge in [0.2, 0.25) is 5.91 Å². The number of anilines is 2. The zero-order valence-electron chi connectivity index (χ0n) is 14.9. The van der Waals surface area contributed by atoms with Gasteiger partial charge in [-0.05, 0) is 48.4 Å². The highest BCUT2D eigenvalue weighted by Gasteiger charge is 2.27. The molecule has 2 aromatic heterocycles. The van der Waals surface area contributed by atoms with E-state index in [1.807, 2.05) is 24.4 Å². The minimum Gasteiger partial charge on any atom is -0.355 e. The van der Waals surface area contributed by atoms with Crippen LogP contribution >= 0.6 is 11.3 Å². The third-order valence-corrected chi connectivity index (χ3v) is 5.99. The molecule has 0 spiro atoms. The molecule has 0 radical (unpaired) electrons. The fourth-order valence-electron chi connectivity index (χ4n) is 3.70. The smallest absolute Gasteiger partial charge is 0.229 e. The predicted octanol–water partition coefficient (Wildman–Crippen LogP) is 4.71. The van der Waals surface area contributed by atoms with E-state index in [1.165, 1.54) is 15.6 Å². The van der Waals surface area contributed by atoms with E-state index in [2.05, 4.69) is 45.7 Å². The van der Waals surface area contributed by atoms with Crippen LogP contribution in [0.25, 0.3) is 10.1 Å². The van der Waals surface area contributed by atoms with Gasteiger partial charge in [-0.3, -0.25) is 4.79 Å². The van der Waals surface area contributed by atoms with Crippen molar-refractivity contribution in [2.75, 3.05) is 23.3 Å². The third kappa shape index (κ3) is 3.31.